The first-order valence-electron chi connectivity index (χ1n) is 5.32. The van der Waals surface area contributed by atoms with E-state index in [4.69, 9.17) is 20.9 Å². The van der Waals surface area contributed by atoms with E-state index < -0.39 is 18.6 Å². The van der Waals surface area contributed by atoms with Crippen LogP contribution >= 0.6 is 12.4 Å². The molecule has 0 saturated heterocycles. The molecular formula is C9H19BClNO4. The molecule has 0 aromatic rings. The molecule has 0 spiro atoms. The number of carboxylic acids is 1. The second-order valence-corrected chi connectivity index (χ2v) is 4.48. The van der Waals surface area contributed by atoms with E-state index >= 15 is 0 Å². The Hall–Kier alpha value is -0.295. The van der Waals surface area contributed by atoms with Gasteiger partial charge >= 0.3 is 13.1 Å². The van der Waals surface area contributed by atoms with Gasteiger partial charge in [0.25, 0.3) is 0 Å². The van der Waals surface area contributed by atoms with E-state index in [0.717, 1.165) is 12.8 Å². The van der Waals surface area contributed by atoms with Crippen molar-refractivity contribution in [3.63, 3.8) is 0 Å². The van der Waals surface area contributed by atoms with Crippen molar-refractivity contribution in [1.82, 2.24) is 0 Å². The second-order valence-electron chi connectivity index (χ2n) is 4.48. The topological polar surface area (TPSA) is 104 Å². The lowest BCUT2D eigenvalue weighted by atomic mass is 9.71. The first-order chi connectivity index (χ1) is 6.94. The first-order valence-corrected chi connectivity index (χ1v) is 5.32. The van der Waals surface area contributed by atoms with Crippen LogP contribution in [0.25, 0.3) is 0 Å². The Bertz CT molecular complexity index is 242. The Balaban J connectivity index is 0.00000225. The summed E-state index contributed by atoms with van der Waals surface area (Å²) in [6.45, 7) is 0. The molecule has 1 saturated carbocycles. The van der Waals surface area contributed by atoms with E-state index in [-0.39, 0.29) is 18.3 Å². The molecule has 2 atom stereocenters. The predicted molar refractivity (Wildman–Crippen MR) is 63.4 cm³/mol. The second kappa shape index (κ2) is 6.44. The molecule has 5 N–H and O–H groups in total. The van der Waals surface area contributed by atoms with Crippen molar-refractivity contribution in [2.24, 2.45) is 11.7 Å². The summed E-state index contributed by atoms with van der Waals surface area (Å²) in [5.41, 5.74) is 4.67. The average molecular weight is 252 g/mol. The molecular weight excluding hydrogens is 232 g/mol. The van der Waals surface area contributed by atoms with Gasteiger partial charge in [-0.15, -0.1) is 12.4 Å². The maximum atomic E-state index is 10.9. The molecule has 1 aliphatic rings. The minimum Gasteiger partial charge on any atom is -0.480 e. The van der Waals surface area contributed by atoms with E-state index in [2.05, 4.69) is 0 Å². The van der Waals surface area contributed by atoms with Crippen LogP contribution in [0, 0.1) is 5.92 Å². The van der Waals surface area contributed by atoms with Gasteiger partial charge in [0.15, 0.2) is 0 Å². The monoisotopic (exact) mass is 251 g/mol. The van der Waals surface area contributed by atoms with Crippen LogP contribution < -0.4 is 5.73 Å². The molecule has 0 radical (unpaired) electrons. The Morgan fingerprint density at radius 3 is 2.62 bits per heavy atom. The minimum absolute atomic E-state index is 0. The highest BCUT2D eigenvalue weighted by Crippen LogP contribution is 2.33. The Morgan fingerprint density at radius 2 is 2.12 bits per heavy atom. The van der Waals surface area contributed by atoms with Crippen molar-refractivity contribution in [2.45, 2.75) is 44.0 Å². The fourth-order valence-electron chi connectivity index (χ4n) is 2.25. The smallest absolute Gasteiger partial charge is 0.451 e. The van der Waals surface area contributed by atoms with E-state index in [9.17, 15) is 4.79 Å². The Labute approximate surface area is 102 Å². The molecule has 0 aliphatic heterocycles. The van der Waals surface area contributed by atoms with E-state index in [1.165, 1.54) is 0 Å². The molecule has 1 fully saturated rings. The molecule has 0 aromatic heterocycles. The van der Waals surface area contributed by atoms with Crippen molar-refractivity contribution in [3.8, 4) is 0 Å². The molecule has 0 amide bonds. The Morgan fingerprint density at radius 1 is 1.50 bits per heavy atom. The lowest BCUT2D eigenvalue weighted by Crippen LogP contribution is -2.51. The number of carboxylic acid groups (broad SMARTS) is 1. The molecule has 94 valence electrons. The maximum Gasteiger partial charge on any atom is 0.451 e. The fourth-order valence-corrected chi connectivity index (χ4v) is 2.25. The number of halogens is 1. The number of hydrogen-bond donors (Lipinski definition) is 4. The zero-order chi connectivity index (χ0) is 11.5. The van der Waals surface area contributed by atoms with Gasteiger partial charge in [0.2, 0.25) is 0 Å². The first kappa shape index (κ1) is 15.7. The van der Waals surface area contributed by atoms with Gasteiger partial charge in [0.05, 0.1) is 0 Å². The van der Waals surface area contributed by atoms with Gasteiger partial charge in [-0.05, 0) is 25.1 Å². The third kappa shape index (κ3) is 4.29. The average Bonchev–Trinajstić information content (AvgIpc) is 2.15. The molecule has 0 heterocycles. The van der Waals surface area contributed by atoms with Crippen molar-refractivity contribution in [1.29, 1.82) is 0 Å². The molecule has 1 aliphatic carbocycles. The quantitative estimate of drug-likeness (QED) is 0.536. The number of rotatable bonds is 4. The molecule has 5 nitrogen and oxygen atoms in total. The summed E-state index contributed by atoms with van der Waals surface area (Å²) in [5, 5.41) is 26.4. The van der Waals surface area contributed by atoms with Crippen LogP contribution in [-0.2, 0) is 4.79 Å². The zero-order valence-electron chi connectivity index (χ0n) is 9.13. The highest BCUT2D eigenvalue weighted by molar-refractivity contribution is 6.40. The fraction of sp³-hybridized carbons (Fsp3) is 0.889. The summed E-state index contributed by atoms with van der Waals surface area (Å²) in [5.74, 6) is -0.751. The van der Waals surface area contributed by atoms with Gasteiger partial charge in [-0.3, -0.25) is 4.79 Å². The number of hydrogen-bond acceptors (Lipinski definition) is 4. The Kier molecular flexibility index (Phi) is 6.32. The summed E-state index contributed by atoms with van der Waals surface area (Å²) < 4.78 is 0. The molecule has 16 heavy (non-hydrogen) atoms. The van der Waals surface area contributed by atoms with Crippen LogP contribution in [0.1, 0.15) is 32.1 Å². The van der Waals surface area contributed by atoms with Crippen LogP contribution in [0.2, 0.25) is 6.32 Å². The standard InChI is InChI=1S/C9H18BNO4.ClH/c11-9(8(12)13)4-1-2-7(6-9)3-5-10(14)15;/h7,14-15H,1-6,11H2,(H,12,13);1H/t7-,9+;/m0./s1. The normalized spacial score (nSPS) is 29.3. The van der Waals surface area contributed by atoms with Crippen molar-refractivity contribution < 1.29 is 19.9 Å². The van der Waals surface area contributed by atoms with E-state index in [1.54, 1.807) is 0 Å². The highest BCUT2D eigenvalue weighted by atomic mass is 35.5. The molecule has 0 aromatic carbocycles. The third-order valence-electron chi connectivity index (χ3n) is 3.15. The largest absolute Gasteiger partial charge is 0.480 e. The molecule has 0 unspecified atom stereocenters. The van der Waals surface area contributed by atoms with Crippen molar-refractivity contribution >= 4 is 25.5 Å². The lowest BCUT2D eigenvalue weighted by Gasteiger charge is -2.34. The van der Waals surface area contributed by atoms with Gasteiger partial charge in [-0.2, -0.15) is 0 Å². The van der Waals surface area contributed by atoms with Gasteiger partial charge < -0.3 is 20.9 Å². The van der Waals surface area contributed by atoms with Crippen LogP contribution in [-0.4, -0.2) is 33.8 Å². The van der Waals surface area contributed by atoms with Gasteiger partial charge in [0, 0.05) is 0 Å². The van der Waals surface area contributed by atoms with Gasteiger partial charge in [-0.25, -0.2) is 0 Å². The minimum atomic E-state index is -1.30. The summed E-state index contributed by atoms with van der Waals surface area (Å²) in [6, 6.07) is 0. The van der Waals surface area contributed by atoms with E-state index in [1.807, 2.05) is 0 Å². The van der Waals surface area contributed by atoms with Crippen LogP contribution in [0.15, 0.2) is 0 Å². The van der Waals surface area contributed by atoms with Crippen molar-refractivity contribution in [3.05, 3.63) is 0 Å². The SMILES string of the molecule is Cl.N[C@]1(C(=O)O)CCC[C@@H](CCB(O)O)C1. The molecule has 7 heteroatoms. The van der Waals surface area contributed by atoms with Crippen LogP contribution in [0.3, 0.4) is 0 Å². The summed E-state index contributed by atoms with van der Waals surface area (Å²) in [6.07, 6.45) is 3.60. The number of nitrogens with two attached hydrogens (primary N) is 1. The van der Waals surface area contributed by atoms with Crippen molar-refractivity contribution in [2.75, 3.05) is 0 Å². The lowest BCUT2D eigenvalue weighted by molar-refractivity contribution is -0.145. The van der Waals surface area contributed by atoms with Crippen LogP contribution in [0.4, 0.5) is 0 Å². The highest BCUT2D eigenvalue weighted by Gasteiger charge is 2.39. The maximum absolute atomic E-state index is 10.9. The summed E-state index contributed by atoms with van der Waals surface area (Å²) >= 11 is 0. The van der Waals surface area contributed by atoms with Gasteiger partial charge in [-0.1, -0.05) is 19.3 Å². The van der Waals surface area contributed by atoms with E-state index in [0.29, 0.717) is 25.6 Å². The molecule has 1 rings (SSSR count). The predicted octanol–water partition coefficient (Wildman–Crippen LogP) is 0.243. The number of aliphatic carboxylic acids is 1. The summed E-state index contributed by atoms with van der Waals surface area (Å²) in [7, 11) is -1.30. The summed E-state index contributed by atoms with van der Waals surface area (Å²) in [4.78, 5) is 10.9. The molecule has 0 bridgehead atoms. The van der Waals surface area contributed by atoms with Gasteiger partial charge in [0.1, 0.15) is 5.54 Å². The zero-order valence-corrected chi connectivity index (χ0v) is 9.95. The third-order valence-corrected chi connectivity index (χ3v) is 3.15. The number of carbonyl (C=O) groups is 1. The van der Waals surface area contributed by atoms with Crippen LogP contribution in [0.5, 0.6) is 0 Å².